The maximum atomic E-state index is 12.4. The number of amides is 1. The second-order valence-corrected chi connectivity index (χ2v) is 5.35. The lowest BCUT2D eigenvalue weighted by molar-refractivity contribution is 0.102. The highest BCUT2D eigenvalue weighted by Gasteiger charge is 2.09. The quantitative estimate of drug-likeness (QED) is 0.804. The Bertz CT molecular complexity index is 838. The maximum Gasteiger partial charge on any atom is 0.255 e. The van der Waals surface area contributed by atoms with Crippen molar-refractivity contribution in [1.82, 2.24) is 14.8 Å². The van der Waals surface area contributed by atoms with E-state index in [1.165, 1.54) is 0 Å². The number of carbonyl (C=O) groups excluding carboxylic acids is 1. The summed E-state index contributed by atoms with van der Waals surface area (Å²) in [6.07, 6.45) is 2.56. The van der Waals surface area contributed by atoms with Crippen LogP contribution in [0.25, 0.3) is 11.4 Å². The van der Waals surface area contributed by atoms with Gasteiger partial charge in [0.05, 0.1) is 0 Å². The molecule has 1 amide bonds. The Morgan fingerprint density at radius 1 is 1.17 bits per heavy atom. The van der Waals surface area contributed by atoms with E-state index in [1.807, 2.05) is 60.1 Å². The van der Waals surface area contributed by atoms with Crippen LogP contribution in [0.3, 0.4) is 0 Å². The summed E-state index contributed by atoms with van der Waals surface area (Å²) in [5.74, 6) is 0.643. The molecule has 0 aliphatic carbocycles. The van der Waals surface area contributed by atoms with Gasteiger partial charge in [0.2, 0.25) is 0 Å². The van der Waals surface area contributed by atoms with E-state index in [-0.39, 0.29) is 5.91 Å². The van der Waals surface area contributed by atoms with Crippen molar-refractivity contribution in [1.29, 1.82) is 0 Å². The summed E-state index contributed by atoms with van der Waals surface area (Å²) in [5.41, 5.74) is 3.45. The highest BCUT2D eigenvalue weighted by Crippen LogP contribution is 2.20. The molecule has 0 radical (unpaired) electrons. The zero-order chi connectivity index (χ0) is 16.2. The fraction of sp³-hybridized carbons (Fsp3) is 0.167. The largest absolute Gasteiger partial charge is 0.322 e. The minimum atomic E-state index is -0.115. The summed E-state index contributed by atoms with van der Waals surface area (Å²) in [4.78, 5) is 12.4. The van der Waals surface area contributed by atoms with E-state index in [9.17, 15) is 4.79 Å². The highest BCUT2D eigenvalue weighted by molar-refractivity contribution is 6.04. The Labute approximate surface area is 135 Å². The summed E-state index contributed by atoms with van der Waals surface area (Å²) in [5, 5.41) is 10.9. The van der Waals surface area contributed by atoms with E-state index < -0.39 is 0 Å². The van der Waals surface area contributed by atoms with Gasteiger partial charge in [0.15, 0.2) is 5.82 Å². The van der Waals surface area contributed by atoms with Gasteiger partial charge in [-0.15, -0.1) is 10.2 Å². The van der Waals surface area contributed by atoms with Crippen molar-refractivity contribution in [3.8, 4) is 11.4 Å². The van der Waals surface area contributed by atoms with E-state index in [1.54, 1.807) is 6.33 Å². The highest BCUT2D eigenvalue weighted by atomic mass is 16.1. The van der Waals surface area contributed by atoms with Crippen LogP contribution in [-0.4, -0.2) is 20.7 Å². The molecule has 0 unspecified atom stereocenters. The van der Waals surface area contributed by atoms with Crippen LogP contribution in [0.2, 0.25) is 0 Å². The standard InChI is InChI=1S/C18H18N4O/c1-3-13-6-4-8-15(10-13)18(23)20-16-9-5-7-14(11-16)17-21-19-12-22(17)2/h4-12H,3H2,1-2H3,(H,20,23). The molecule has 3 rings (SSSR count). The van der Waals surface area contributed by atoms with Crippen LogP contribution >= 0.6 is 0 Å². The van der Waals surface area contributed by atoms with Gasteiger partial charge in [0, 0.05) is 23.9 Å². The molecule has 3 aromatic rings. The Kier molecular flexibility index (Phi) is 4.19. The zero-order valence-electron chi connectivity index (χ0n) is 13.2. The molecule has 5 nitrogen and oxygen atoms in total. The molecule has 5 heteroatoms. The molecule has 1 heterocycles. The van der Waals surface area contributed by atoms with Gasteiger partial charge in [0.25, 0.3) is 5.91 Å². The molecule has 0 aliphatic rings. The molecular formula is C18H18N4O. The van der Waals surface area contributed by atoms with Crippen molar-refractivity contribution in [3.63, 3.8) is 0 Å². The van der Waals surface area contributed by atoms with Crippen LogP contribution in [0.5, 0.6) is 0 Å². The van der Waals surface area contributed by atoms with E-state index in [0.29, 0.717) is 5.56 Å². The smallest absolute Gasteiger partial charge is 0.255 e. The molecule has 0 saturated carbocycles. The lowest BCUT2D eigenvalue weighted by atomic mass is 10.1. The zero-order valence-corrected chi connectivity index (χ0v) is 13.2. The van der Waals surface area contributed by atoms with E-state index in [0.717, 1.165) is 29.1 Å². The van der Waals surface area contributed by atoms with Gasteiger partial charge in [0.1, 0.15) is 6.33 Å². The molecule has 0 bridgehead atoms. The molecule has 116 valence electrons. The molecule has 0 aliphatic heterocycles. The number of benzene rings is 2. The Morgan fingerprint density at radius 2 is 2.00 bits per heavy atom. The minimum Gasteiger partial charge on any atom is -0.322 e. The number of aryl methyl sites for hydroxylation is 2. The van der Waals surface area contributed by atoms with E-state index in [4.69, 9.17) is 0 Å². The summed E-state index contributed by atoms with van der Waals surface area (Å²) in [7, 11) is 1.89. The first kappa shape index (κ1) is 15.0. The first-order chi connectivity index (χ1) is 11.2. The fourth-order valence-electron chi connectivity index (χ4n) is 2.42. The lowest BCUT2D eigenvalue weighted by Gasteiger charge is -2.08. The summed E-state index contributed by atoms with van der Waals surface area (Å²) < 4.78 is 1.84. The average Bonchev–Trinajstić information content (AvgIpc) is 3.01. The van der Waals surface area contributed by atoms with Crippen LogP contribution < -0.4 is 5.32 Å². The second kappa shape index (κ2) is 6.44. The van der Waals surface area contributed by atoms with Gasteiger partial charge in [-0.05, 0) is 36.2 Å². The summed E-state index contributed by atoms with van der Waals surface area (Å²) in [6, 6.07) is 15.3. The molecule has 1 aromatic heterocycles. The third-order valence-corrected chi connectivity index (χ3v) is 3.69. The van der Waals surface area contributed by atoms with Crippen LogP contribution in [0.4, 0.5) is 5.69 Å². The number of carbonyl (C=O) groups is 1. The monoisotopic (exact) mass is 306 g/mol. The van der Waals surface area contributed by atoms with Crippen molar-refractivity contribution < 1.29 is 4.79 Å². The first-order valence-corrected chi connectivity index (χ1v) is 7.52. The predicted molar refractivity (Wildman–Crippen MR) is 90.2 cm³/mol. The van der Waals surface area contributed by atoms with Crippen LogP contribution in [0, 0.1) is 0 Å². The topological polar surface area (TPSA) is 59.8 Å². The molecule has 0 fully saturated rings. The predicted octanol–water partition coefficient (Wildman–Crippen LogP) is 3.30. The van der Waals surface area contributed by atoms with Gasteiger partial charge >= 0.3 is 0 Å². The van der Waals surface area contributed by atoms with Crippen LogP contribution in [0.15, 0.2) is 54.9 Å². The van der Waals surface area contributed by atoms with Crippen molar-refractivity contribution in [2.24, 2.45) is 7.05 Å². The molecule has 0 atom stereocenters. The average molecular weight is 306 g/mol. The normalized spacial score (nSPS) is 10.5. The molecule has 0 spiro atoms. The Morgan fingerprint density at radius 3 is 2.74 bits per heavy atom. The van der Waals surface area contributed by atoms with Crippen molar-refractivity contribution >= 4 is 11.6 Å². The van der Waals surface area contributed by atoms with Crippen molar-refractivity contribution in [2.45, 2.75) is 13.3 Å². The second-order valence-electron chi connectivity index (χ2n) is 5.35. The van der Waals surface area contributed by atoms with E-state index >= 15 is 0 Å². The number of rotatable bonds is 4. The number of hydrogen-bond acceptors (Lipinski definition) is 3. The number of nitrogens with zero attached hydrogens (tertiary/aromatic N) is 3. The number of aromatic nitrogens is 3. The van der Waals surface area contributed by atoms with Gasteiger partial charge in [-0.25, -0.2) is 0 Å². The molecule has 23 heavy (non-hydrogen) atoms. The summed E-state index contributed by atoms with van der Waals surface area (Å²) in [6.45, 7) is 2.07. The minimum absolute atomic E-state index is 0.115. The third kappa shape index (κ3) is 3.29. The lowest BCUT2D eigenvalue weighted by Crippen LogP contribution is -2.12. The molecule has 1 N–H and O–H groups in total. The fourth-order valence-corrected chi connectivity index (χ4v) is 2.42. The molecule has 2 aromatic carbocycles. The van der Waals surface area contributed by atoms with E-state index in [2.05, 4.69) is 22.4 Å². The number of hydrogen-bond donors (Lipinski definition) is 1. The number of anilines is 1. The van der Waals surface area contributed by atoms with Crippen LogP contribution in [0.1, 0.15) is 22.8 Å². The first-order valence-electron chi connectivity index (χ1n) is 7.52. The van der Waals surface area contributed by atoms with Crippen molar-refractivity contribution in [2.75, 3.05) is 5.32 Å². The molecule has 0 saturated heterocycles. The molecular weight excluding hydrogens is 288 g/mol. The van der Waals surface area contributed by atoms with Gasteiger partial charge in [-0.3, -0.25) is 4.79 Å². The third-order valence-electron chi connectivity index (χ3n) is 3.69. The Hall–Kier alpha value is -2.95. The van der Waals surface area contributed by atoms with Gasteiger partial charge in [-0.1, -0.05) is 31.2 Å². The Balaban J connectivity index is 1.83. The number of nitrogens with one attached hydrogen (secondary N) is 1. The van der Waals surface area contributed by atoms with Crippen molar-refractivity contribution in [3.05, 3.63) is 66.0 Å². The van der Waals surface area contributed by atoms with Gasteiger partial charge < -0.3 is 9.88 Å². The maximum absolute atomic E-state index is 12.4. The summed E-state index contributed by atoms with van der Waals surface area (Å²) >= 11 is 0. The SMILES string of the molecule is CCc1cccc(C(=O)Nc2cccc(-c3nncn3C)c2)c1. The van der Waals surface area contributed by atoms with Gasteiger partial charge in [-0.2, -0.15) is 0 Å². The van der Waals surface area contributed by atoms with Crippen LogP contribution in [-0.2, 0) is 13.5 Å².